The molecule has 1 aromatic rings. The first-order chi connectivity index (χ1) is 8.56. The van der Waals surface area contributed by atoms with Gasteiger partial charge in [0, 0.05) is 18.0 Å². The fourth-order valence-corrected chi connectivity index (χ4v) is 2.73. The van der Waals surface area contributed by atoms with Crippen molar-refractivity contribution in [2.45, 2.75) is 19.4 Å². The molecule has 2 rings (SSSR count). The van der Waals surface area contributed by atoms with E-state index in [0.29, 0.717) is 17.1 Å². The van der Waals surface area contributed by atoms with E-state index in [4.69, 9.17) is 11.6 Å². The molecule has 18 heavy (non-hydrogen) atoms. The zero-order chi connectivity index (χ0) is 13.3. The zero-order valence-corrected chi connectivity index (χ0v) is 10.7. The van der Waals surface area contributed by atoms with Gasteiger partial charge in [-0.25, -0.2) is 0 Å². The number of hydrogen-bond acceptors (Lipinski definition) is 2. The van der Waals surface area contributed by atoms with E-state index in [1.54, 1.807) is 29.2 Å². The third-order valence-electron chi connectivity index (χ3n) is 3.31. The number of nitrogens with zero attached hydrogens (tertiary/aromatic N) is 1. The number of hydrogen-bond donors (Lipinski definition) is 1. The Morgan fingerprint density at radius 1 is 1.50 bits per heavy atom. The number of halogens is 1. The van der Waals surface area contributed by atoms with Crippen molar-refractivity contribution in [3.63, 3.8) is 0 Å². The number of benzene rings is 1. The van der Waals surface area contributed by atoms with Crippen LogP contribution in [0.15, 0.2) is 24.3 Å². The quantitative estimate of drug-likeness (QED) is 0.914. The highest BCUT2D eigenvalue weighted by molar-refractivity contribution is 6.31. The molecule has 1 aromatic carbocycles. The summed E-state index contributed by atoms with van der Waals surface area (Å²) >= 11 is 6.11. The molecule has 5 heteroatoms. The molecular weight excluding hydrogens is 254 g/mol. The third kappa shape index (κ3) is 2.08. The van der Waals surface area contributed by atoms with E-state index in [0.717, 1.165) is 0 Å². The van der Waals surface area contributed by atoms with Gasteiger partial charge in [0.1, 0.15) is 0 Å². The number of carbonyl (C=O) groups excluding carboxylic acids is 1. The van der Waals surface area contributed by atoms with Crippen molar-refractivity contribution in [2.75, 3.05) is 6.54 Å². The standard InChI is InChI=1S/C13H14ClNO3/c1-2-15-11(16)7-9(13(17)18)12(15)8-5-3-4-6-10(8)14/h3-6,9,12H,2,7H2,1H3,(H,17,18)/t9-,12+/m0/s1. The summed E-state index contributed by atoms with van der Waals surface area (Å²) < 4.78 is 0. The van der Waals surface area contributed by atoms with Gasteiger partial charge in [-0.2, -0.15) is 0 Å². The van der Waals surface area contributed by atoms with Crippen LogP contribution in [0.4, 0.5) is 0 Å². The van der Waals surface area contributed by atoms with Crippen LogP contribution in [0.5, 0.6) is 0 Å². The average Bonchev–Trinajstić information content (AvgIpc) is 2.67. The average molecular weight is 268 g/mol. The summed E-state index contributed by atoms with van der Waals surface area (Å²) in [6.07, 6.45) is 0.0407. The van der Waals surface area contributed by atoms with Gasteiger partial charge in [-0.1, -0.05) is 29.8 Å². The molecule has 0 saturated carbocycles. The lowest BCUT2D eigenvalue weighted by Gasteiger charge is -2.26. The molecule has 1 fully saturated rings. The van der Waals surface area contributed by atoms with Gasteiger partial charge in [0.05, 0.1) is 12.0 Å². The Hall–Kier alpha value is -1.55. The van der Waals surface area contributed by atoms with Crippen LogP contribution in [-0.2, 0) is 9.59 Å². The molecular formula is C13H14ClNO3. The second-order valence-electron chi connectivity index (χ2n) is 4.29. The first-order valence-corrected chi connectivity index (χ1v) is 6.20. The lowest BCUT2D eigenvalue weighted by atomic mass is 9.93. The second kappa shape index (κ2) is 4.98. The van der Waals surface area contributed by atoms with Crippen molar-refractivity contribution in [2.24, 2.45) is 5.92 Å². The number of carboxylic acids is 1. The maximum atomic E-state index is 11.8. The predicted molar refractivity (Wildman–Crippen MR) is 67.3 cm³/mol. The maximum absolute atomic E-state index is 11.8. The number of aliphatic carboxylic acids is 1. The zero-order valence-electron chi connectivity index (χ0n) is 9.97. The normalized spacial score (nSPS) is 23.4. The number of rotatable bonds is 3. The minimum Gasteiger partial charge on any atom is -0.481 e. The topological polar surface area (TPSA) is 57.6 Å². The maximum Gasteiger partial charge on any atom is 0.309 e. The highest BCUT2D eigenvalue weighted by Crippen LogP contribution is 2.40. The van der Waals surface area contributed by atoms with E-state index < -0.39 is 17.9 Å². The van der Waals surface area contributed by atoms with Crippen molar-refractivity contribution in [1.29, 1.82) is 0 Å². The summed E-state index contributed by atoms with van der Waals surface area (Å²) in [5, 5.41) is 9.75. The number of carboxylic acid groups (broad SMARTS) is 1. The molecule has 0 spiro atoms. The van der Waals surface area contributed by atoms with Gasteiger partial charge < -0.3 is 10.0 Å². The molecule has 0 aromatic heterocycles. The Morgan fingerprint density at radius 2 is 2.17 bits per heavy atom. The Bertz CT molecular complexity index is 489. The minimum atomic E-state index is -0.954. The first-order valence-electron chi connectivity index (χ1n) is 5.83. The second-order valence-corrected chi connectivity index (χ2v) is 4.70. The molecule has 1 N–H and O–H groups in total. The van der Waals surface area contributed by atoms with E-state index in [1.807, 2.05) is 6.92 Å². The van der Waals surface area contributed by atoms with Crippen LogP contribution in [0.2, 0.25) is 5.02 Å². The SMILES string of the molecule is CCN1C(=O)C[C@H](C(=O)O)[C@H]1c1ccccc1Cl. The highest BCUT2D eigenvalue weighted by atomic mass is 35.5. The van der Waals surface area contributed by atoms with E-state index in [1.165, 1.54) is 0 Å². The van der Waals surface area contributed by atoms with E-state index in [2.05, 4.69) is 0 Å². The van der Waals surface area contributed by atoms with Crippen molar-refractivity contribution in [1.82, 2.24) is 4.90 Å². The Morgan fingerprint density at radius 3 is 2.72 bits per heavy atom. The summed E-state index contributed by atoms with van der Waals surface area (Å²) in [7, 11) is 0. The smallest absolute Gasteiger partial charge is 0.309 e. The number of likely N-dealkylation sites (tertiary alicyclic amines) is 1. The molecule has 0 bridgehead atoms. The van der Waals surface area contributed by atoms with Crippen LogP contribution in [0.1, 0.15) is 24.9 Å². The van der Waals surface area contributed by atoms with E-state index in [-0.39, 0.29) is 12.3 Å². The number of amides is 1. The lowest BCUT2D eigenvalue weighted by molar-refractivity contribution is -0.142. The van der Waals surface area contributed by atoms with Crippen molar-refractivity contribution < 1.29 is 14.7 Å². The molecule has 1 heterocycles. The Balaban J connectivity index is 2.46. The first kappa shape index (κ1) is 12.9. The van der Waals surface area contributed by atoms with Crippen LogP contribution < -0.4 is 0 Å². The van der Waals surface area contributed by atoms with Crippen molar-refractivity contribution in [3.05, 3.63) is 34.9 Å². The van der Waals surface area contributed by atoms with Crippen molar-refractivity contribution >= 4 is 23.5 Å². The molecule has 0 radical (unpaired) electrons. The van der Waals surface area contributed by atoms with E-state index in [9.17, 15) is 14.7 Å². The van der Waals surface area contributed by atoms with Gasteiger partial charge in [0.25, 0.3) is 0 Å². The molecule has 0 unspecified atom stereocenters. The Kier molecular flexibility index (Phi) is 3.57. The van der Waals surface area contributed by atoms with Gasteiger partial charge >= 0.3 is 5.97 Å². The molecule has 1 saturated heterocycles. The largest absolute Gasteiger partial charge is 0.481 e. The van der Waals surface area contributed by atoms with Gasteiger partial charge in [-0.3, -0.25) is 9.59 Å². The van der Waals surface area contributed by atoms with Crippen LogP contribution in [0.3, 0.4) is 0 Å². The summed E-state index contributed by atoms with van der Waals surface area (Å²) in [5.74, 6) is -1.81. The lowest BCUT2D eigenvalue weighted by Crippen LogP contribution is -2.30. The van der Waals surface area contributed by atoms with Crippen LogP contribution >= 0.6 is 11.6 Å². The molecule has 1 aliphatic rings. The molecule has 0 aliphatic carbocycles. The molecule has 4 nitrogen and oxygen atoms in total. The van der Waals surface area contributed by atoms with Gasteiger partial charge in [0.2, 0.25) is 5.91 Å². The van der Waals surface area contributed by atoms with Crippen LogP contribution in [-0.4, -0.2) is 28.4 Å². The molecule has 96 valence electrons. The van der Waals surface area contributed by atoms with Gasteiger partial charge in [0.15, 0.2) is 0 Å². The summed E-state index contributed by atoms with van der Waals surface area (Å²) in [6, 6.07) is 6.62. The molecule has 2 atom stereocenters. The third-order valence-corrected chi connectivity index (χ3v) is 3.66. The van der Waals surface area contributed by atoms with Crippen LogP contribution in [0.25, 0.3) is 0 Å². The summed E-state index contributed by atoms with van der Waals surface area (Å²) in [5.41, 5.74) is 0.708. The summed E-state index contributed by atoms with van der Waals surface area (Å²) in [6.45, 7) is 2.32. The molecule has 1 aliphatic heterocycles. The summed E-state index contributed by atoms with van der Waals surface area (Å²) in [4.78, 5) is 24.7. The van der Waals surface area contributed by atoms with Gasteiger partial charge in [-0.05, 0) is 18.6 Å². The fourth-order valence-electron chi connectivity index (χ4n) is 2.48. The van der Waals surface area contributed by atoms with Gasteiger partial charge in [-0.15, -0.1) is 0 Å². The fraction of sp³-hybridized carbons (Fsp3) is 0.385. The monoisotopic (exact) mass is 267 g/mol. The minimum absolute atomic E-state index is 0.0407. The highest BCUT2D eigenvalue weighted by Gasteiger charge is 2.44. The number of carbonyl (C=O) groups is 2. The molecule has 1 amide bonds. The predicted octanol–water partition coefficient (Wildman–Crippen LogP) is 2.33. The van der Waals surface area contributed by atoms with Crippen molar-refractivity contribution in [3.8, 4) is 0 Å². The Labute approximate surface area is 110 Å². The van der Waals surface area contributed by atoms with E-state index >= 15 is 0 Å². The van der Waals surface area contributed by atoms with Crippen LogP contribution in [0, 0.1) is 5.92 Å².